The van der Waals surface area contributed by atoms with E-state index in [0.29, 0.717) is 12.0 Å². The third-order valence-corrected chi connectivity index (χ3v) is 3.72. The number of rotatable bonds is 2. The molecule has 0 bridgehead atoms. The van der Waals surface area contributed by atoms with Gasteiger partial charge in [-0.3, -0.25) is 4.79 Å². The maximum absolute atomic E-state index is 11.8. The van der Waals surface area contributed by atoms with Crippen molar-refractivity contribution in [1.29, 1.82) is 0 Å². The first-order valence-corrected chi connectivity index (χ1v) is 5.84. The maximum Gasteiger partial charge on any atom is 0.239 e. The molecule has 2 atom stereocenters. The van der Waals surface area contributed by atoms with Gasteiger partial charge in [-0.1, -0.05) is 0 Å². The number of likely N-dealkylation sites (tertiary alicyclic amines) is 1. The van der Waals surface area contributed by atoms with Crippen molar-refractivity contribution in [2.75, 3.05) is 19.8 Å². The number of nitrogens with zero attached hydrogens (tertiary/aromatic N) is 1. The molecular formula is C11H20N2O2. The van der Waals surface area contributed by atoms with E-state index in [1.165, 1.54) is 0 Å². The molecule has 2 N–H and O–H groups in total. The molecule has 86 valence electrons. The van der Waals surface area contributed by atoms with Gasteiger partial charge >= 0.3 is 0 Å². The molecule has 0 aromatic carbocycles. The van der Waals surface area contributed by atoms with Crippen LogP contribution in [0.5, 0.6) is 0 Å². The van der Waals surface area contributed by atoms with Gasteiger partial charge in [0, 0.05) is 25.8 Å². The lowest BCUT2D eigenvalue weighted by atomic mass is 9.92. The molecule has 0 aromatic heterocycles. The summed E-state index contributed by atoms with van der Waals surface area (Å²) in [5, 5.41) is 0. The Morgan fingerprint density at radius 2 is 2.07 bits per heavy atom. The summed E-state index contributed by atoms with van der Waals surface area (Å²) in [5.41, 5.74) is 5.72. The van der Waals surface area contributed by atoms with Crippen molar-refractivity contribution in [1.82, 2.24) is 4.90 Å². The molecule has 0 aromatic rings. The second-order valence-electron chi connectivity index (χ2n) is 4.62. The van der Waals surface area contributed by atoms with Gasteiger partial charge < -0.3 is 15.4 Å². The smallest absolute Gasteiger partial charge is 0.239 e. The van der Waals surface area contributed by atoms with Crippen LogP contribution in [0, 0.1) is 5.92 Å². The lowest BCUT2D eigenvalue weighted by Crippen LogP contribution is -2.44. The van der Waals surface area contributed by atoms with Crippen molar-refractivity contribution in [2.45, 2.75) is 38.3 Å². The quantitative estimate of drug-likeness (QED) is 0.719. The second kappa shape index (κ2) is 4.49. The monoisotopic (exact) mass is 212 g/mol. The van der Waals surface area contributed by atoms with Crippen molar-refractivity contribution in [3.05, 3.63) is 0 Å². The van der Waals surface area contributed by atoms with E-state index in [9.17, 15) is 4.79 Å². The Bertz CT molecular complexity index is 239. The highest BCUT2D eigenvalue weighted by Gasteiger charge is 2.35. The van der Waals surface area contributed by atoms with E-state index in [4.69, 9.17) is 10.5 Å². The summed E-state index contributed by atoms with van der Waals surface area (Å²) in [6.45, 7) is 4.65. The lowest BCUT2D eigenvalue weighted by molar-refractivity contribution is -0.132. The van der Waals surface area contributed by atoms with Crippen LogP contribution in [-0.4, -0.2) is 42.6 Å². The number of hydrogen-bond donors (Lipinski definition) is 1. The molecule has 4 nitrogen and oxygen atoms in total. The van der Waals surface area contributed by atoms with Crippen molar-refractivity contribution in [2.24, 2.45) is 11.7 Å². The molecule has 2 aliphatic rings. The second-order valence-corrected chi connectivity index (χ2v) is 4.62. The molecule has 2 fully saturated rings. The fourth-order valence-corrected chi connectivity index (χ4v) is 2.58. The normalized spacial score (nSPS) is 30.9. The summed E-state index contributed by atoms with van der Waals surface area (Å²) in [7, 11) is 0. The number of amides is 1. The highest BCUT2D eigenvalue weighted by atomic mass is 16.5. The average Bonchev–Trinajstić information content (AvgIpc) is 2.60. The molecule has 2 saturated heterocycles. The van der Waals surface area contributed by atoms with Gasteiger partial charge in [-0.15, -0.1) is 0 Å². The Kier molecular flexibility index (Phi) is 3.26. The third-order valence-electron chi connectivity index (χ3n) is 3.72. The summed E-state index contributed by atoms with van der Waals surface area (Å²) in [5.74, 6) is 0.724. The molecule has 0 aliphatic carbocycles. The molecule has 2 aliphatic heterocycles. The summed E-state index contributed by atoms with van der Waals surface area (Å²) in [4.78, 5) is 13.7. The van der Waals surface area contributed by atoms with Gasteiger partial charge in [-0.2, -0.15) is 0 Å². The topological polar surface area (TPSA) is 55.6 Å². The van der Waals surface area contributed by atoms with Gasteiger partial charge in [-0.25, -0.2) is 0 Å². The van der Waals surface area contributed by atoms with Crippen LogP contribution in [0.25, 0.3) is 0 Å². The van der Waals surface area contributed by atoms with E-state index in [-0.39, 0.29) is 11.9 Å². The minimum atomic E-state index is -0.257. The molecule has 0 radical (unpaired) electrons. The van der Waals surface area contributed by atoms with E-state index in [1.54, 1.807) is 0 Å². The molecule has 0 spiro atoms. The Morgan fingerprint density at radius 3 is 2.60 bits per heavy atom. The van der Waals surface area contributed by atoms with Crippen LogP contribution in [-0.2, 0) is 9.53 Å². The van der Waals surface area contributed by atoms with Gasteiger partial charge in [0.25, 0.3) is 0 Å². The van der Waals surface area contributed by atoms with Crippen molar-refractivity contribution in [3.8, 4) is 0 Å². The molecule has 15 heavy (non-hydrogen) atoms. The SMILES string of the molecule is CC(C1CCOCC1)N1CCC(N)C1=O. The largest absolute Gasteiger partial charge is 0.381 e. The van der Waals surface area contributed by atoms with Gasteiger partial charge in [0.1, 0.15) is 0 Å². The van der Waals surface area contributed by atoms with Crippen LogP contribution in [0.15, 0.2) is 0 Å². The van der Waals surface area contributed by atoms with Crippen molar-refractivity contribution in [3.63, 3.8) is 0 Å². The Morgan fingerprint density at radius 1 is 1.40 bits per heavy atom. The molecule has 2 rings (SSSR count). The Hall–Kier alpha value is -0.610. The van der Waals surface area contributed by atoms with Gasteiger partial charge in [0.2, 0.25) is 5.91 Å². The minimum Gasteiger partial charge on any atom is -0.381 e. The van der Waals surface area contributed by atoms with E-state index < -0.39 is 0 Å². The van der Waals surface area contributed by atoms with Crippen LogP contribution in [0.4, 0.5) is 0 Å². The van der Waals surface area contributed by atoms with Gasteiger partial charge in [0.15, 0.2) is 0 Å². The van der Waals surface area contributed by atoms with E-state index in [1.807, 2.05) is 4.90 Å². The summed E-state index contributed by atoms with van der Waals surface area (Å²) in [6.07, 6.45) is 2.95. The molecule has 2 unspecified atom stereocenters. The fraction of sp³-hybridized carbons (Fsp3) is 0.909. The molecular weight excluding hydrogens is 192 g/mol. The van der Waals surface area contributed by atoms with Crippen LogP contribution in [0.2, 0.25) is 0 Å². The highest BCUT2D eigenvalue weighted by Crippen LogP contribution is 2.25. The zero-order valence-corrected chi connectivity index (χ0v) is 9.32. The fourth-order valence-electron chi connectivity index (χ4n) is 2.58. The van der Waals surface area contributed by atoms with Crippen LogP contribution < -0.4 is 5.73 Å². The number of carbonyl (C=O) groups excluding carboxylic acids is 1. The summed E-state index contributed by atoms with van der Waals surface area (Å²) >= 11 is 0. The maximum atomic E-state index is 11.8. The first-order chi connectivity index (χ1) is 7.20. The number of ether oxygens (including phenoxy) is 1. The number of carbonyl (C=O) groups is 1. The van der Waals surface area contributed by atoms with Crippen LogP contribution in [0.1, 0.15) is 26.2 Å². The minimum absolute atomic E-state index is 0.133. The first kappa shape index (κ1) is 10.9. The Labute approximate surface area is 90.8 Å². The molecule has 2 heterocycles. The number of nitrogens with two attached hydrogens (primary N) is 1. The lowest BCUT2D eigenvalue weighted by Gasteiger charge is -2.34. The number of hydrogen-bond acceptors (Lipinski definition) is 3. The molecule has 4 heteroatoms. The predicted octanol–water partition coefficient (Wildman–Crippen LogP) is 0.361. The first-order valence-electron chi connectivity index (χ1n) is 5.84. The zero-order valence-electron chi connectivity index (χ0n) is 9.32. The Balaban J connectivity index is 1.94. The van der Waals surface area contributed by atoms with Gasteiger partial charge in [-0.05, 0) is 32.1 Å². The zero-order chi connectivity index (χ0) is 10.8. The van der Waals surface area contributed by atoms with Crippen LogP contribution >= 0.6 is 0 Å². The predicted molar refractivity (Wildman–Crippen MR) is 57.3 cm³/mol. The van der Waals surface area contributed by atoms with Crippen LogP contribution in [0.3, 0.4) is 0 Å². The summed E-state index contributed by atoms with van der Waals surface area (Å²) < 4.78 is 5.33. The highest BCUT2D eigenvalue weighted by molar-refractivity contribution is 5.83. The third kappa shape index (κ3) is 2.16. The van der Waals surface area contributed by atoms with E-state index in [2.05, 4.69) is 6.92 Å². The standard InChI is InChI=1S/C11H20N2O2/c1-8(9-3-6-15-7-4-9)13-5-2-10(12)11(13)14/h8-10H,2-7,12H2,1H3. The average molecular weight is 212 g/mol. The van der Waals surface area contributed by atoms with E-state index in [0.717, 1.165) is 39.0 Å². The molecule has 0 saturated carbocycles. The van der Waals surface area contributed by atoms with E-state index >= 15 is 0 Å². The van der Waals surface area contributed by atoms with Gasteiger partial charge in [0.05, 0.1) is 6.04 Å². The van der Waals surface area contributed by atoms with Crippen molar-refractivity contribution >= 4 is 5.91 Å². The van der Waals surface area contributed by atoms with Crippen molar-refractivity contribution < 1.29 is 9.53 Å². The summed E-state index contributed by atoms with van der Waals surface area (Å²) in [6, 6.07) is 0.0715. The molecule has 1 amide bonds.